The van der Waals surface area contributed by atoms with Crippen molar-refractivity contribution in [3.8, 4) is 0 Å². The van der Waals surface area contributed by atoms with E-state index in [9.17, 15) is 0 Å². The molecule has 1 atom stereocenters. The Morgan fingerprint density at radius 1 is 0.923 bits per heavy atom. The first-order valence-corrected chi connectivity index (χ1v) is 10.3. The van der Waals surface area contributed by atoms with Crippen molar-refractivity contribution in [2.75, 3.05) is 6.61 Å². The Hall–Kier alpha value is -0.835. The molecule has 0 amide bonds. The molecule has 3 nitrogen and oxygen atoms in total. The van der Waals surface area contributed by atoms with Crippen LogP contribution in [0.5, 0.6) is 0 Å². The van der Waals surface area contributed by atoms with Gasteiger partial charge in [0.2, 0.25) is 0 Å². The first kappa shape index (κ1) is 21.5. The van der Waals surface area contributed by atoms with E-state index in [0.29, 0.717) is 12.4 Å². The molecule has 1 saturated heterocycles. The maximum absolute atomic E-state index is 6.31. The Labute approximate surface area is 160 Å². The van der Waals surface area contributed by atoms with Crippen molar-refractivity contribution in [2.24, 2.45) is 0 Å². The topological polar surface area (TPSA) is 27.7 Å². The molecular weight excluding hydrogens is 323 g/mol. The molecule has 0 radical (unpaired) electrons. The highest BCUT2D eigenvalue weighted by Gasteiger charge is 2.53. The summed E-state index contributed by atoms with van der Waals surface area (Å²) in [6, 6.07) is 10.4. The van der Waals surface area contributed by atoms with Crippen LogP contribution in [0.2, 0.25) is 5.82 Å². The third kappa shape index (κ3) is 6.11. The van der Waals surface area contributed by atoms with Gasteiger partial charge in [0.25, 0.3) is 0 Å². The van der Waals surface area contributed by atoms with E-state index >= 15 is 0 Å². The predicted octanol–water partition coefficient (Wildman–Crippen LogP) is 6.03. The molecule has 146 valence electrons. The smallest absolute Gasteiger partial charge is 0.403 e. The van der Waals surface area contributed by atoms with Gasteiger partial charge in [0.15, 0.2) is 0 Å². The number of hydrogen-bond donors (Lipinski definition) is 0. The summed E-state index contributed by atoms with van der Waals surface area (Å²) >= 11 is 0. The number of benzene rings is 1. The van der Waals surface area contributed by atoms with Gasteiger partial charge in [0.05, 0.1) is 17.8 Å². The molecule has 0 bridgehead atoms. The molecule has 1 aliphatic heterocycles. The van der Waals surface area contributed by atoms with Gasteiger partial charge in [-0.2, -0.15) is 0 Å². The summed E-state index contributed by atoms with van der Waals surface area (Å²) in [5.74, 6) is 0.477. The van der Waals surface area contributed by atoms with Gasteiger partial charge in [0.1, 0.15) is 0 Å². The van der Waals surface area contributed by atoms with E-state index in [0.717, 1.165) is 25.9 Å². The van der Waals surface area contributed by atoms with Crippen LogP contribution in [0, 0.1) is 0 Å². The summed E-state index contributed by atoms with van der Waals surface area (Å²) < 4.78 is 18.4. The van der Waals surface area contributed by atoms with Gasteiger partial charge in [0, 0.05) is 6.61 Å². The fourth-order valence-electron chi connectivity index (χ4n) is 3.34. The van der Waals surface area contributed by atoms with Crippen molar-refractivity contribution < 1.29 is 14.0 Å². The zero-order valence-corrected chi connectivity index (χ0v) is 17.4. The van der Waals surface area contributed by atoms with E-state index in [-0.39, 0.29) is 18.3 Å². The minimum atomic E-state index is -0.235. The maximum atomic E-state index is 6.31. The number of unbranched alkanes of at least 4 members (excludes halogenated alkanes) is 2. The quantitative estimate of drug-likeness (QED) is 0.356. The average Bonchev–Trinajstić information content (AvgIpc) is 2.82. The largest absolute Gasteiger partial charge is 0.461 e. The van der Waals surface area contributed by atoms with Gasteiger partial charge in [-0.15, -0.1) is 0 Å². The van der Waals surface area contributed by atoms with E-state index in [4.69, 9.17) is 14.0 Å². The van der Waals surface area contributed by atoms with Crippen LogP contribution in [-0.2, 0) is 20.7 Å². The van der Waals surface area contributed by atoms with E-state index in [1.165, 1.54) is 24.8 Å². The van der Waals surface area contributed by atoms with Crippen LogP contribution < -0.4 is 0 Å². The molecule has 4 heteroatoms. The molecule has 0 saturated carbocycles. The molecule has 26 heavy (non-hydrogen) atoms. The van der Waals surface area contributed by atoms with Crippen LogP contribution in [0.3, 0.4) is 0 Å². The molecule has 1 unspecified atom stereocenters. The Kier molecular flexibility index (Phi) is 8.19. The summed E-state index contributed by atoms with van der Waals surface area (Å²) in [6.07, 6.45) is 7.03. The Balaban J connectivity index is 1.72. The first-order chi connectivity index (χ1) is 12.4. The van der Waals surface area contributed by atoms with Crippen molar-refractivity contribution >= 4 is 7.12 Å². The maximum Gasteiger partial charge on any atom is 0.461 e. The molecule has 2 rings (SSSR count). The van der Waals surface area contributed by atoms with Gasteiger partial charge in [-0.3, -0.25) is 0 Å². The second-order valence-corrected chi connectivity index (χ2v) is 8.56. The van der Waals surface area contributed by atoms with Crippen molar-refractivity contribution in [1.82, 2.24) is 0 Å². The summed E-state index contributed by atoms with van der Waals surface area (Å²) in [6.45, 7) is 12.3. The first-order valence-electron chi connectivity index (χ1n) is 10.3. The van der Waals surface area contributed by atoms with Gasteiger partial charge in [-0.25, -0.2) is 0 Å². The second kappa shape index (κ2) is 9.91. The Morgan fingerprint density at radius 3 is 2.15 bits per heavy atom. The summed E-state index contributed by atoms with van der Waals surface area (Å²) in [5, 5.41) is 0. The lowest BCUT2D eigenvalue weighted by molar-refractivity contribution is 0.00578. The molecule has 0 aromatic heterocycles. The normalized spacial score (nSPS) is 19.7. The van der Waals surface area contributed by atoms with Gasteiger partial charge in [-0.1, -0.05) is 69.4 Å². The van der Waals surface area contributed by atoms with Crippen LogP contribution in [-0.4, -0.2) is 24.9 Å². The molecule has 1 fully saturated rings. The minimum Gasteiger partial charge on any atom is -0.403 e. The summed E-state index contributed by atoms with van der Waals surface area (Å²) in [4.78, 5) is 0. The van der Waals surface area contributed by atoms with Crippen LogP contribution in [0.25, 0.3) is 0 Å². The lowest BCUT2D eigenvalue weighted by Crippen LogP contribution is -2.41. The number of hydrogen-bond acceptors (Lipinski definition) is 3. The van der Waals surface area contributed by atoms with E-state index < -0.39 is 0 Å². The zero-order valence-electron chi connectivity index (χ0n) is 17.4. The fourth-order valence-corrected chi connectivity index (χ4v) is 3.34. The van der Waals surface area contributed by atoms with Gasteiger partial charge < -0.3 is 14.0 Å². The van der Waals surface area contributed by atoms with Crippen molar-refractivity contribution in [3.05, 3.63) is 35.9 Å². The molecule has 1 aromatic carbocycles. The van der Waals surface area contributed by atoms with Crippen molar-refractivity contribution in [3.63, 3.8) is 0 Å². The lowest BCUT2D eigenvalue weighted by atomic mass is 9.67. The number of rotatable bonds is 11. The van der Waals surface area contributed by atoms with Crippen molar-refractivity contribution in [2.45, 2.75) is 96.8 Å². The highest BCUT2D eigenvalue weighted by molar-refractivity contribution is 6.47. The highest BCUT2D eigenvalue weighted by atomic mass is 16.7. The van der Waals surface area contributed by atoms with E-state index in [1.54, 1.807) is 0 Å². The molecule has 0 spiro atoms. The molecule has 1 heterocycles. The minimum absolute atomic E-state index is 0.0724. The van der Waals surface area contributed by atoms with Crippen LogP contribution in [0.15, 0.2) is 30.3 Å². The molecule has 1 aromatic rings. The van der Waals surface area contributed by atoms with E-state index in [2.05, 4.69) is 58.9 Å². The third-order valence-electron chi connectivity index (χ3n) is 5.81. The van der Waals surface area contributed by atoms with Crippen molar-refractivity contribution in [1.29, 1.82) is 0 Å². The van der Waals surface area contributed by atoms with E-state index in [1.807, 2.05) is 6.07 Å². The van der Waals surface area contributed by atoms with Gasteiger partial charge >= 0.3 is 7.12 Å². The third-order valence-corrected chi connectivity index (χ3v) is 5.81. The molecule has 0 aliphatic carbocycles. The SMILES string of the molecule is CCCCC(CCCCOCc1ccccc1)B1OC(C)(C)C(C)(C)O1. The average molecular weight is 360 g/mol. The molecular formula is C22H37BO3. The highest BCUT2D eigenvalue weighted by Crippen LogP contribution is 2.42. The van der Waals surface area contributed by atoms with Gasteiger partial charge in [-0.05, 0) is 45.5 Å². The monoisotopic (exact) mass is 360 g/mol. The summed E-state index contributed by atoms with van der Waals surface area (Å²) in [5.41, 5.74) is 0.771. The number of ether oxygens (including phenoxy) is 1. The fraction of sp³-hybridized carbons (Fsp3) is 0.727. The Morgan fingerprint density at radius 2 is 1.54 bits per heavy atom. The predicted molar refractivity (Wildman–Crippen MR) is 109 cm³/mol. The zero-order chi connectivity index (χ0) is 19.0. The van der Waals surface area contributed by atoms with Crippen LogP contribution >= 0.6 is 0 Å². The standard InChI is InChI=1S/C22H37BO3/c1-6-7-15-20(23-25-21(2,3)22(4,5)26-23)16-11-12-17-24-18-19-13-9-8-10-14-19/h8-10,13-14,20H,6-7,11-12,15-18H2,1-5H3. The second-order valence-electron chi connectivity index (χ2n) is 8.56. The van der Waals surface area contributed by atoms with Crippen LogP contribution in [0.4, 0.5) is 0 Å². The van der Waals surface area contributed by atoms with Crippen LogP contribution in [0.1, 0.15) is 78.7 Å². The summed E-state index contributed by atoms with van der Waals surface area (Å²) in [7, 11) is -0.0724. The Bertz CT molecular complexity index is 499. The molecule has 1 aliphatic rings. The molecule has 0 N–H and O–H groups in total. The lowest BCUT2D eigenvalue weighted by Gasteiger charge is -2.32.